The van der Waals surface area contributed by atoms with Gasteiger partial charge in [0.2, 0.25) is 0 Å². The summed E-state index contributed by atoms with van der Waals surface area (Å²) >= 11 is 0. The molecule has 0 amide bonds. The standard InChI is InChI=1S/C67H122O6/c1-4-7-10-13-16-19-22-25-28-30-32-33-35-36-39-42-45-48-51-54-57-60-66(69)72-63-64(62-71-65(68)59-56-53-50-47-44-41-38-27-24-21-18-15-12-9-6-3)73-67(70)61-58-55-52-49-46-43-40-37-34-31-29-26-23-20-17-14-11-8-5-2/h9,12,18,21,26-27,29,38,64H,4-8,10-11,13-17,19-20,22-25,28,30-37,39-63H2,1-3H3/b12-9-,21-18-,29-26-,38-27-/t64-/m1/s1. The lowest BCUT2D eigenvalue weighted by Crippen LogP contribution is -2.30. The van der Waals surface area contributed by atoms with Crippen molar-refractivity contribution in [2.45, 2.75) is 348 Å². The first-order chi connectivity index (χ1) is 36.0. The van der Waals surface area contributed by atoms with Crippen LogP contribution in [0.2, 0.25) is 0 Å². The quantitative estimate of drug-likeness (QED) is 0.0261. The van der Waals surface area contributed by atoms with Gasteiger partial charge in [0.1, 0.15) is 13.2 Å². The summed E-state index contributed by atoms with van der Waals surface area (Å²) in [6, 6.07) is 0. The molecule has 0 heterocycles. The molecular weight excluding hydrogens is 901 g/mol. The van der Waals surface area contributed by atoms with Crippen LogP contribution in [0.1, 0.15) is 342 Å². The average molecular weight is 1020 g/mol. The number of carbonyl (C=O) groups excluding carboxylic acids is 3. The van der Waals surface area contributed by atoms with Crippen molar-refractivity contribution in [2.75, 3.05) is 13.2 Å². The second-order valence-corrected chi connectivity index (χ2v) is 21.6. The van der Waals surface area contributed by atoms with Crippen molar-refractivity contribution in [3.8, 4) is 0 Å². The highest BCUT2D eigenvalue weighted by atomic mass is 16.6. The highest BCUT2D eigenvalue weighted by Gasteiger charge is 2.19. The maximum Gasteiger partial charge on any atom is 0.306 e. The van der Waals surface area contributed by atoms with E-state index in [1.54, 1.807) is 0 Å². The summed E-state index contributed by atoms with van der Waals surface area (Å²) < 4.78 is 16.9. The fourth-order valence-corrected chi connectivity index (χ4v) is 9.51. The van der Waals surface area contributed by atoms with E-state index in [4.69, 9.17) is 14.2 Å². The molecule has 0 fully saturated rings. The number of carbonyl (C=O) groups is 3. The molecule has 1 atom stereocenters. The summed E-state index contributed by atoms with van der Waals surface area (Å²) in [5, 5.41) is 0. The van der Waals surface area contributed by atoms with Crippen LogP contribution in [0.4, 0.5) is 0 Å². The van der Waals surface area contributed by atoms with Gasteiger partial charge >= 0.3 is 17.9 Å². The van der Waals surface area contributed by atoms with Gasteiger partial charge in [-0.15, -0.1) is 0 Å². The molecular formula is C67H122O6. The van der Waals surface area contributed by atoms with Crippen LogP contribution in [-0.2, 0) is 28.6 Å². The monoisotopic (exact) mass is 1020 g/mol. The topological polar surface area (TPSA) is 78.9 Å². The molecule has 6 nitrogen and oxygen atoms in total. The van der Waals surface area contributed by atoms with E-state index < -0.39 is 6.10 Å². The summed E-state index contributed by atoms with van der Waals surface area (Å²) in [6.07, 6.45) is 76.9. The molecule has 0 aliphatic rings. The number of unbranched alkanes of at least 4 members (excludes halogenated alkanes) is 40. The van der Waals surface area contributed by atoms with E-state index in [-0.39, 0.29) is 31.1 Å². The molecule has 0 unspecified atom stereocenters. The fraction of sp³-hybridized carbons (Fsp3) is 0.836. The Morgan fingerprint density at radius 2 is 0.534 bits per heavy atom. The number of rotatable bonds is 59. The van der Waals surface area contributed by atoms with Crippen LogP contribution < -0.4 is 0 Å². The number of hydrogen-bond acceptors (Lipinski definition) is 6. The average Bonchev–Trinajstić information content (AvgIpc) is 3.39. The largest absolute Gasteiger partial charge is 0.462 e. The van der Waals surface area contributed by atoms with Crippen molar-refractivity contribution in [2.24, 2.45) is 0 Å². The lowest BCUT2D eigenvalue weighted by atomic mass is 10.0. The predicted octanol–water partition coefficient (Wildman–Crippen LogP) is 21.8. The first kappa shape index (κ1) is 70.4. The van der Waals surface area contributed by atoms with Crippen LogP contribution in [0.5, 0.6) is 0 Å². The third kappa shape index (κ3) is 60.1. The van der Waals surface area contributed by atoms with E-state index in [2.05, 4.69) is 69.4 Å². The highest BCUT2D eigenvalue weighted by molar-refractivity contribution is 5.71. The zero-order valence-electron chi connectivity index (χ0n) is 48.9. The molecule has 0 aromatic rings. The molecule has 0 aliphatic heterocycles. The van der Waals surface area contributed by atoms with Crippen molar-refractivity contribution < 1.29 is 28.6 Å². The third-order valence-corrected chi connectivity index (χ3v) is 14.3. The molecule has 426 valence electrons. The number of allylic oxidation sites excluding steroid dienone is 8. The molecule has 0 N–H and O–H groups in total. The van der Waals surface area contributed by atoms with Gasteiger partial charge in [-0.2, -0.15) is 0 Å². The van der Waals surface area contributed by atoms with Crippen LogP contribution in [0, 0.1) is 0 Å². The van der Waals surface area contributed by atoms with Gasteiger partial charge in [0.15, 0.2) is 6.10 Å². The number of esters is 3. The smallest absolute Gasteiger partial charge is 0.306 e. The number of hydrogen-bond donors (Lipinski definition) is 0. The minimum atomic E-state index is -0.780. The zero-order valence-corrected chi connectivity index (χ0v) is 48.9. The molecule has 0 saturated heterocycles. The van der Waals surface area contributed by atoms with Crippen molar-refractivity contribution in [1.82, 2.24) is 0 Å². The van der Waals surface area contributed by atoms with E-state index in [0.717, 1.165) is 96.3 Å². The lowest BCUT2D eigenvalue weighted by molar-refractivity contribution is -0.167. The summed E-state index contributed by atoms with van der Waals surface area (Å²) in [4.78, 5) is 38.3. The van der Waals surface area contributed by atoms with Crippen molar-refractivity contribution in [3.63, 3.8) is 0 Å². The Kier molecular flexibility index (Phi) is 59.7. The van der Waals surface area contributed by atoms with Crippen LogP contribution in [0.15, 0.2) is 48.6 Å². The minimum absolute atomic E-state index is 0.0758. The van der Waals surface area contributed by atoms with Gasteiger partial charge in [0.05, 0.1) is 0 Å². The summed E-state index contributed by atoms with van der Waals surface area (Å²) in [6.45, 7) is 6.57. The van der Waals surface area contributed by atoms with Crippen LogP contribution in [0.3, 0.4) is 0 Å². The summed E-state index contributed by atoms with van der Waals surface area (Å²) in [5.41, 5.74) is 0. The molecule has 6 heteroatoms. The minimum Gasteiger partial charge on any atom is -0.462 e. The normalized spacial score (nSPS) is 12.3. The third-order valence-electron chi connectivity index (χ3n) is 14.3. The fourth-order valence-electron chi connectivity index (χ4n) is 9.51. The van der Waals surface area contributed by atoms with Crippen molar-refractivity contribution in [1.29, 1.82) is 0 Å². The van der Waals surface area contributed by atoms with Gasteiger partial charge in [-0.25, -0.2) is 0 Å². The molecule has 0 radical (unpaired) electrons. The molecule has 0 saturated carbocycles. The Labute approximate surface area is 454 Å². The van der Waals surface area contributed by atoms with E-state index >= 15 is 0 Å². The Balaban J connectivity index is 4.32. The Morgan fingerprint density at radius 3 is 0.849 bits per heavy atom. The van der Waals surface area contributed by atoms with Crippen LogP contribution in [0.25, 0.3) is 0 Å². The first-order valence-corrected chi connectivity index (χ1v) is 32.1. The Morgan fingerprint density at radius 1 is 0.288 bits per heavy atom. The van der Waals surface area contributed by atoms with Gasteiger partial charge in [-0.05, 0) is 77.0 Å². The van der Waals surface area contributed by atoms with E-state index in [1.807, 2.05) is 0 Å². The second-order valence-electron chi connectivity index (χ2n) is 21.6. The van der Waals surface area contributed by atoms with Gasteiger partial charge in [-0.3, -0.25) is 14.4 Å². The van der Waals surface area contributed by atoms with Gasteiger partial charge in [0, 0.05) is 19.3 Å². The molecule has 0 rings (SSSR count). The number of ether oxygens (including phenoxy) is 3. The predicted molar refractivity (Wildman–Crippen MR) is 316 cm³/mol. The summed E-state index contributed by atoms with van der Waals surface area (Å²) in [7, 11) is 0. The van der Waals surface area contributed by atoms with Crippen molar-refractivity contribution >= 4 is 17.9 Å². The lowest BCUT2D eigenvalue weighted by Gasteiger charge is -2.18. The Hall–Kier alpha value is -2.63. The first-order valence-electron chi connectivity index (χ1n) is 32.1. The molecule has 0 bridgehead atoms. The molecule has 0 aromatic heterocycles. The molecule has 0 aromatic carbocycles. The van der Waals surface area contributed by atoms with Crippen LogP contribution >= 0.6 is 0 Å². The maximum atomic E-state index is 12.9. The zero-order chi connectivity index (χ0) is 52.9. The highest BCUT2D eigenvalue weighted by Crippen LogP contribution is 2.17. The van der Waals surface area contributed by atoms with Crippen molar-refractivity contribution in [3.05, 3.63) is 48.6 Å². The van der Waals surface area contributed by atoms with Crippen LogP contribution in [-0.4, -0.2) is 37.2 Å². The van der Waals surface area contributed by atoms with E-state index in [9.17, 15) is 14.4 Å². The van der Waals surface area contributed by atoms with E-state index in [1.165, 1.54) is 205 Å². The molecule has 73 heavy (non-hydrogen) atoms. The van der Waals surface area contributed by atoms with E-state index in [0.29, 0.717) is 19.3 Å². The SMILES string of the molecule is CC/C=C\C/C=C\C/C=C\CCCCCCCC(=O)OC[C@H](COC(=O)CCCCCCCCCCCCCCCCCCCCCCC)OC(=O)CCCCCCCCCCC/C=C\CCCCCCCC. The van der Waals surface area contributed by atoms with Gasteiger partial charge < -0.3 is 14.2 Å². The second kappa shape index (κ2) is 61.9. The summed E-state index contributed by atoms with van der Waals surface area (Å²) in [5.74, 6) is -0.874. The molecule has 0 aliphatic carbocycles. The Bertz CT molecular complexity index is 1270. The molecule has 0 spiro atoms. The maximum absolute atomic E-state index is 12.9. The van der Waals surface area contributed by atoms with Gasteiger partial charge in [-0.1, -0.05) is 294 Å². The van der Waals surface area contributed by atoms with Gasteiger partial charge in [0.25, 0.3) is 0 Å².